The van der Waals surface area contributed by atoms with Gasteiger partial charge in [0.1, 0.15) is 11.3 Å². The molecule has 0 spiro atoms. The van der Waals surface area contributed by atoms with Crippen LogP contribution in [-0.2, 0) is 4.74 Å². The molecule has 1 atom stereocenters. The van der Waals surface area contributed by atoms with Gasteiger partial charge >= 0.3 is 0 Å². The smallest absolute Gasteiger partial charge is 0.177 e. The molecule has 1 fully saturated rings. The summed E-state index contributed by atoms with van der Waals surface area (Å²) in [5.41, 5.74) is 4.83. The van der Waals surface area contributed by atoms with Gasteiger partial charge in [0.2, 0.25) is 0 Å². The summed E-state index contributed by atoms with van der Waals surface area (Å²) in [5.74, 6) is 1.58. The summed E-state index contributed by atoms with van der Waals surface area (Å²) in [6, 6.07) is 10.0. The summed E-state index contributed by atoms with van der Waals surface area (Å²) in [5, 5.41) is 6.36. The third-order valence-corrected chi connectivity index (χ3v) is 4.72. The molecular weight excluding hydrogens is 298 g/mol. The van der Waals surface area contributed by atoms with E-state index in [9.17, 15) is 0 Å². The molecule has 2 aliphatic rings. The van der Waals surface area contributed by atoms with Crippen LogP contribution in [0.1, 0.15) is 18.6 Å². The Kier molecular flexibility index (Phi) is 3.86. The predicted molar refractivity (Wildman–Crippen MR) is 89.6 cm³/mol. The van der Waals surface area contributed by atoms with E-state index in [2.05, 4.69) is 15.5 Å². The van der Waals surface area contributed by atoms with Crippen LogP contribution in [0.5, 0.6) is 0 Å². The van der Waals surface area contributed by atoms with Crippen molar-refractivity contribution >= 4 is 33.6 Å². The Hall–Kier alpha value is -1.79. The number of hydrogen-bond donors (Lipinski definition) is 1. The van der Waals surface area contributed by atoms with E-state index < -0.39 is 0 Å². The van der Waals surface area contributed by atoms with Gasteiger partial charge in [-0.15, -0.1) is 0 Å². The third kappa shape index (κ3) is 2.89. The molecule has 2 aliphatic heterocycles. The van der Waals surface area contributed by atoms with Crippen LogP contribution in [0.15, 0.2) is 44.8 Å². The maximum atomic E-state index is 5.84. The van der Waals surface area contributed by atoms with Gasteiger partial charge < -0.3 is 9.15 Å². The molecule has 1 aromatic carbocycles. The number of ether oxygens (including phenoxy) is 1. The Morgan fingerprint density at radius 1 is 1.36 bits per heavy atom. The topological polar surface area (TPSA) is 59.1 Å². The van der Waals surface area contributed by atoms with Crippen molar-refractivity contribution in [3.63, 3.8) is 0 Å². The van der Waals surface area contributed by atoms with Gasteiger partial charge in [-0.3, -0.25) is 10.4 Å². The highest BCUT2D eigenvalue weighted by Gasteiger charge is 2.18. The van der Waals surface area contributed by atoms with Gasteiger partial charge in [-0.25, -0.2) is 0 Å². The Morgan fingerprint density at radius 3 is 3.09 bits per heavy atom. The molecule has 3 heterocycles. The van der Waals surface area contributed by atoms with Gasteiger partial charge in [-0.2, -0.15) is 5.10 Å². The minimum absolute atomic E-state index is 0.274. The zero-order chi connectivity index (χ0) is 14.8. The van der Waals surface area contributed by atoms with Crippen molar-refractivity contribution in [1.29, 1.82) is 0 Å². The SMILES string of the molecule is c1ccc2oc(C3=NNC(=NC[C@H]4CCCO4)SC3)cc2c1. The maximum Gasteiger partial charge on any atom is 0.177 e. The van der Waals surface area contributed by atoms with E-state index in [4.69, 9.17) is 9.15 Å². The first-order chi connectivity index (χ1) is 10.9. The van der Waals surface area contributed by atoms with Crippen LogP contribution in [0.4, 0.5) is 0 Å². The summed E-state index contributed by atoms with van der Waals surface area (Å²) >= 11 is 1.65. The molecule has 6 heteroatoms. The van der Waals surface area contributed by atoms with Crippen molar-refractivity contribution in [1.82, 2.24) is 5.43 Å². The first-order valence-corrected chi connectivity index (χ1v) is 8.47. The average Bonchev–Trinajstić information content (AvgIpc) is 3.22. The molecule has 22 heavy (non-hydrogen) atoms. The first-order valence-electron chi connectivity index (χ1n) is 7.49. The Bertz CT molecular complexity index is 699. The van der Waals surface area contributed by atoms with Crippen LogP contribution in [0.25, 0.3) is 11.0 Å². The molecule has 2 aromatic rings. The third-order valence-electron chi connectivity index (χ3n) is 3.80. The molecule has 0 bridgehead atoms. The Labute approximate surface area is 132 Å². The molecule has 1 aromatic heterocycles. The molecule has 0 saturated carbocycles. The zero-order valence-corrected chi connectivity index (χ0v) is 12.9. The number of fused-ring (bicyclic) bond motifs is 1. The lowest BCUT2D eigenvalue weighted by molar-refractivity contribution is 0.118. The van der Waals surface area contributed by atoms with E-state index in [1.54, 1.807) is 11.8 Å². The van der Waals surface area contributed by atoms with Crippen LogP contribution < -0.4 is 5.43 Å². The van der Waals surface area contributed by atoms with Crippen molar-refractivity contribution < 1.29 is 9.15 Å². The molecule has 0 unspecified atom stereocenters. The van der Waals surface area contributed by atoms with Crippen LogP contribution in [-0.4, -0.2) is 35.9 Å². The number of benzene rings is 1. The first kappa shape index (κ1) is 13.8. The molecule has 5 nitrogen and oxygen atoms in total. The standard InChI is InChI=1S/C16H17N3O2S/c1-2-6-14-11(4-1)8-15(21-14)13-10-22-16(19-18-13)17-9-12-5-3-7-20-12/h1-2,4,6,8,12H,3,5,7,9-10H2,(H,17,19)/t12-/m1/s1. The fourth-order valence-corrected chi connectivity index (χ4v) is 3.38. The lowest BCUT2D eigenvalue weighted by Crippen LogP contribution is -2.26. The van der Waals surface area contributed by atoms with Gasteiger partial charge in [0.15, 0.2) is 10.9 Å². The highest BCUT2D eigenvalue weighted by molar-refractivity contribution is 8.14. The number of nitrogens with zero attached hydrogens (tertiary/aromatic N) is 2. The number of furan rings is 1. The van der Waals surface area contributed by atoms with Crippen LogP contribution in [0, 0.1) is 0 Å². The Balaban J connectivity index is 1.45. The average molecular weight is 315 g/mol. The molecule has 0 radical (unpaired) electrons. The summed E-state index contributed by atoms with van der Waals surface area (Å²) in [7, 11) is 0. The second-order valence-corrected chi connectivity index (χ2v) is 6.35. The molecular formula is C16H17N3O2S. The summed E-state index contributed by atoms with van der Waals surface area (Å²) in [4.78, 5) is 4.54. The van der Waals surface area contributed by atoms with Crippen molar-refractivity contribution in [2.75, 3.05) is 18.9 Å². The number of thioether (sulfide) groups is 1. The van der Waals surface area contributed by atoms with E-state index >= 15 is 0 Å². The molecule has 0 aliphatic carbocycles. The van der Waals surface area contributed by atoms with E-state index in [1.165, 1.54) is 0 Å². The van der Waals surface area contributed by atoms with E-state index in [0.29, 0.717) is 6.54 Å². The van der Waals surface area contributed by atoms with Gasteiger partial charge in [0.25, 0.3) is 0 Å². The monoisotopic (exact) mass is 315 g/mol. The van der Waals surface area contributed by atoms with Gasteiger partial charge in [0, 0.05) is 17.7 Å². The van der Waals surface area contributed by atoms with Gasteiger partial charge in [-0.05, 0) is 25.0 Å². The second-order valence-electron chi connectivity index (χ2n) is 5.39. The van der Waals surface area contributed by atoms with E-state index in [1.807, 2.05) is 30.3 Å². The number of rotatable bonds is 3. The molecule has 4 rings (SSSR count). The highest BCUT2D eigenvalue weighted by atomic mass is 32.2. The summed E-state index contributed by atoms with van der Waals surface area (Å²) in [6.07, 6.45) is 2.52. The van der Waals surface area contributed by atoms with Crippen LogP contribution >= 0.6 is 11.8 Å². The predicted octanol–water partition coefficient (Wildman–Crippen LogP) is 3.01. The largest absolute Gasteiger partial charge is 0.455 e. The Morgan fingerprint density at radius 2 is 2.32 bits per heavy atom. The number of hydrogen-bond acceptors (Lipinski definition) is 5. The molecule has 114 valence electrons. The molecule has 1 N–H and O–H groups in total. The fourth-order valence-electron chi connectivity index (χ4n) is 2.62. The summed E-state index contributed by atoms with van der Waals surface area (Å²) in [6.45, 7) is 1.58. The maximum absolute atomic E-state index is 5.84. The van der Waals surface area contributed by atoms with E-state index in [0.717, 1.165) is 52.8 Å². The van der Waals surface area contributed by atoms with Crippen molar-refractivity contribution in [3.8, 4) is 0 Å². The van der Waals surface area contributed by atoms with E-state index in [-0.39, 0.29) is 6.10 Å². The molecule has 1 saturated heterocycles. The number of hydrazone groups is 1. The van der Waals surface area contributed by atoms with Gasteiger partial charge in [-0.1, -0.05) is 30.0 Å². The zero-order valence-electron chi connectivity index (χ0n) is 12.1. The minimum Gasteiger partial charge on any atom is -0.455 e. The van der Waals surface area contributed by atoms with Gasteiger partial charge in [0.05, 0.1) is 12.6 Å². The number of aliphatic imine (C=N–C) groups is 1. The second kappa shape index (κ2) is 6.14. The van der Waals surface area contributed by atoms with Crippen molar-refractivity contribution in [2.45, 2.75) is 18.9 Å². The number of nitrogens with one attached hydrogen (secondary N) is 1. The normalized spacial score (nSPS) is 23.7. The number of amidine groups is 1. The highest BCUT2D eigenvalue weighted by Crippen LogP contribution is 2.22. The van der Waals surface area contributed by atoms with Crippen LogP contribution in [0.3, 0.4) is 0 Å². The lowest BCUT2D eigenvalue weighted by atomic mass is 10.2. The minimum atomic E-state index is 0.274. The molecule has 0 amide bonds. The van der Waals surface area contributed by atoms with Crippen molar-refractivity contribution in [2.24, 2.45) is 10.1 Å². The number of para-hydroxylation sites is 1. The fraction of sp³-hybridized carbons (Fsp3) is 0.375. The lowest BCUT2D eigenvalue weighted by Gasteiger charge is -2.14. The summed E-state index contributed by atoms with van der Waals surface area (Å²) < 4.78 is 11.4. The van der Waals surface area contributed by atoms with Crippen molar-refractivity contribution in [3.05, 3.63) is 36.1 Å². The van der Waals surface area contributed by atoms with Crippen LogP contribution in [0.2, 0.25) is 0 Å². The quantitative estimate of drug-likeness (QED) is 0.946.